The fourth-order valence-electron chi connectivity index (χ4n) is 2.13. The molecule has 0 fully saturated rings. The van der Waals surface area contributed by atoms with E-state index in [-0.39, 0.29) is 5.91 Å². The molecule has 4 heteroatoms. The van der Waals surface area contributed by atoms with Crippen LogP contribution in [0.1, 0.15) is 12.5 Å². The molecule has 2 aromatic rings. The van der Waals surface area contributed by atoms with Crippen molar-refractivity contribution in [3.63, 3.8) is 0 Å². The minimum atomic E-state index is -1.10. The molecule has 1 atom stereocenters. The molecule has 1 N–H and O–H groups in total. The number of carbonyl (C=O) groups is 2. The molecule has 1 unspecified atom stereocenters. The minimum Gasteiger partial charge on any atom is -0.481 e. The highest BCUT2D eigenvalue weighted by molar-refractivity contribution is 5.96. The van der Waals surface area contributed by atoms with Gasteiger partial charge in [-0.15, -0.1) is 0 Å². The van der Waals surface area contributed by atoms with Gasteiger partial charge < -0.3 is 10.0 Å². The normalized spacial score (nSPS) is 12.1. The van der Waals surface area contributed by atoms with Crippen molar-refractivity contribution >= 4 is 22.6 Å². The van der Waals surface area contributed by atoms with Crippen molar-refractivity contribution in [1.29, 1.82) is 0 Å². The molecule has 104 valence electrons. The molecule has 2 rings (SSSR count). The molecule has 0 bridgehead atoms. The zero-order chi connectivity index (χ0) is 14.7. The number of aliphatic carboxylic acids is 1. The van der Waals surface area contributed by atoms with Crippen LogP contribution < -0.4 is 0 Å². The first-order valence-electron chi connectivity index (χ1n) is 6.44. The van der Waals surface area contributed by atoms with E-state index in [2.05, 4.69) is 0 Å². The van der Waals surface area contributed by atoms with Crippen molar-refractivity contribution in [1.82, 2.24) is 4.90 Å². The molecule has 4 nitrogen and oxygen atoms in total. The number of hydrogen-bond donors (Lipinski definition) is 1. The van der Waals surface area contributed by atoms with Gasteiger partial charge in [0.15, 0.2) is 0 Å². The number of fused-ring (bicyclic) bond motifs is 1. The monoisotopic (exact) mass is 271 g/mol. The van der Waals surface area contributed by atoms with E-state index in [1.54, 1.807) is 7.05 Å². The highest BCUT2D eigenvalue weighted by Crippen LogP contribution is 2.17. The maximum atomic E-state index is 11.9. The lowest BCUT2D eigenvalue weighted by molar-refractivity contribution is -0.149. The highest BCUT2D eigenvalue weighted by Gasteiger charge is 2.23. The average Bonchev–Trinajstić information content (AvgIpc) is 2.45. The van der Waals surface area contributed by atoms with Gasteiger partial charge in [0.05, 0.1) is 0 Å². The fourth-order valence-corrected chi connectivity index (χ4v) is 2.13. The Hall–Kier alpha value is -2.36. The molecule has 1 amide bonds. The van der Waals surface area contributed by atoms with Crippen molar-refractivity contribution in [3.8, 4) is 0 Å². The molecule has 0 saturated carbocycles. The third-order valence-electron chi connectivity index (χ3n) is 3.35. The van der Waals surface area contributed by atoms with Crippen molar-refractivity contribution < 1.29 is 14.7 Å². The van der Waals surface area contributed by atoms with Crippen LogP contribution in [0, 0.1) is 5.92 Å². The number of benzene rings is 2. The van der Waals surface area contributed by atoms with Crippen LogP contribution in [0.25, 0.3) is 10.8 Å². The summed E-state index contributed by atoms with van der Waals surface area (Å²) in [5.41, 5.74) is 0.983. The van der Waals surface area contributed by atoms with Crippen LogP contribution in [0.4, 0.5) is 0 Å². The van der Waals surface area contributed by atoms with E-state index in [1.807, 2.05) is 42.5 Å². The van der Waals surface area contributed by atoms with Gasteiger partial charge in [0, 0.05) is 13.6 Å². The smallest absolute Gasteiger partial charge is 0.315 e. The summed E-state index contributed by atoms with van der Waals surface area (Å²) in [5, 5.41) is 11.1. The number of carboxylic acid groups (broad SMARTS) is 1. The van der Waals surface area contributed by atoms with Crippen LogP contribution in [0.15, 0.2) is 42.5 Å². The van der Waals surface area contributed by atoms with Gasteiger partial charge in [-0.25, -0.2) is 0 Å². The minimum absolute atomic E-state index is 0.384. The third-order valence-corrected chi connectivity index (χ3v) is 3.35. The summed E-state index contributed by atoms with van der Waals surface area (Å²) in [7, 11) is 1.62. The summed E-state index contributed by atoms with van der Waals surface area (Å²) in [5.74, 6) is -2.49. The summed E-state index contributed by atoms with van der Waals surface area (Å²) in [4.78, 5) is 24.2. The molecular weight excluding hydrogens is 254 g/mol. The van der Waals surface area contributed by atoms with E-state index >= 15 is 0 Å². The highest BCUT2D eigenvalue weighted by atomic mass is 16.4. The Morgan fingerprint density at radius 2 is 1.80 bits per heavy atom. The van der Waals surface area contributed by atoms with Gasteiger partial charge in [-0.2, -0.15) is 0 Å². The quantitative estimate of drug-likeness (QED) is 0.869. The van der Waals surface area contributed by atoms with Crippen molar-refractivity contribution in [2.75, 3.05) is 7.05 Å². The molecule has 2 aromatic carbocycles. The molecule has 0 heterocycles. The Balaban J connectivity index is 2.15. The van der Waals surface area contributed by atoms with E-state index in [9.17, 15) is 9.59 Å². The fraction of sp³-hybridized carbons (Fsp3) is 0.250. The lowest BCUT2D eigenvalue weighted by Crippen LogP contribution is -2.34. The Morgan fingerprint density at radius 3 is 2.45 bits per heavy atom. The van der Waals surface area contributed by atoms with Crippen molar-refractivity contribution in [3.05, 3.63) is 48.0 Å². The molecule has 0 aliphatic heterocycles. The van der Waals surface area contributed by atoms with Gasteiger partial charge in [0.1, 0.15) is 5.92 Å². The van der Waals surface area contributed by atoms with Gasteiger partial charge in [-0.05, 0) is 29.3 Å². The van der Waals surface area contributed by atoms with E-state index in [1.165, 1.54) is 11.8 Å². The summed E-state index contributed by atoms with van der Waals surface area (Å²) in [6.07, 6.45) is 0. The van der Waals surface area contributed by atoms with Gasteiger partial charge >= 0.3 is 5.97 Å². The topological polar surface area (TPSA) is 57.6 Å². The van der Waals surface area contributed by atoms with E-state index in [0.29, 0.717) is 6.54 Å². The molecule has 0 aliphatic rings. The Labute approximate surface area is 117 Å². The van der Waals surface area contributed by atoms with Crippen molar-refractivity contribution in [2.24, 2.45) is 5.92 Å². The predicted octanol–water partition coefficient (Wildman–Crippen LogP) is 2.52. The van der Waals surface area contributed by atoms with Crippen LogP contribution in [0.5, 0.6) is 0 Å². The maximum Gasteiger partial charge on any atom is 0.315 e. The maximum absolute atomic E-state index is 11.9. The van der Waals surface area contributed by atoms with Crippen LogP contribution in [0.2, 0.25) is 0 Å². The van der Waals surface area contributed by atoms with E-state index in [0.717, 1.165) is 16.3 Å². The molecule has 20 heavy (non-hydrogen) atoms. The molecule has 0 aromatic heterocycles. The first kappa shape index (κ1) is 14.1. The van der Waals surface area contributed by atoms with Crippen LogP contribution in [0.3, 0.4) is 0 Å². The summed E-state index contributed by atoms with van der Waals surface area (Å²) in [6.45, 7) is 1.81. The van der Waals surface area contributed by atoms with Crippen LogP contribution >= 0.6 is 0 Å². The van der Waals surface area contributed by atoms with E-state index in [4.69, 9.17) is 5.11 Å². The second kappa shape index (κ2) is 5.74. The second-order valence-electron chi connectivity index (χ2n) is 4.94. The van der Waals surface area contributed by atoms with Gasteiger partial charge in [0.2, 0.25) is 5.91 Å². The lowest BCUT2D eigenvalue weighted by Gasteiger charge is -2.19. The van der Waals surface area contributed by atoms with Crippen LogP contribution in [-0.4, -0.2) is 28.9 Å². The molecule has 0 radical (unpaired) electrons. The SMILES string of the molecule is CC(C(=O)O)C(=O)N(C)Cc1ccc2ccccc2c1. The Bertz CT molecular complexity index is 651. The number of amides is 1. The zero-order valence-electron chi connectivity index (χ0n) is 11.5. The first-order valence-corrected chi connectivity index (χ1v) is 6.44. The Kier molecular flexibility index (Phi) is 4.03. The average molecular weight is 271 g/mol. The molecule has 0 aliphatic carbocycles. The van der Waals surface area contributed by atoms with E-state index < -0.39 is 11.9 Å². The molecule has 0 spiro atoms. The molecule has 0 saturated heterocycles. The summed E-state index contributed by atoms with van der Waals surface area (Å²) in [6, 6.07) is 14.0. The largest absolute Gasteiger partial charge is 0.481 e. The van der Waals surface area contributed by atoms with Crippen molar-refractivity contribution in [2.45, 2.75) is 13.5 Å². The lowest BCUT2D eigenvalue weighted by atomic mass is 10.1. The Morgan fingerprint density at radius 1 is 1.15 bits per heavy atom. The number of hydrogen-bond acceptors (Lipinski definition) is 2. The van der Waals surface area contributed by atoms with Gasteiger partial charge in [0.25, 0.3) is 0 Å². The number of carboxylic acids is 1. The van der Waals surface area contributed by atoms with Crippen LogP contribution in [-0.2, 0) is 16.1 Å². The van der Waals surface area contributed by atoms with Gasteiger partial charge in [-0.3, -0.25) is 9.59 Å². The number of rotatable bonds is 4. The first-order chi connectivity index (χ1) is 9.49. The zero-order valence-corrected chi connectivity index (χ0v) is 11.5. The number of carbonyl (C=O) groups excluding carboxylic acids is 1. The molecular formula is C16H17NO3. The third kappa shape index (κ3) is 2.96. The van der Waals surface area contributed by atoms with Gasteiger partial charge in [-0.1, -0.05) is 36.4 Å². The summed E-state index contributed by atoms with van der Waals surface area (Å²) < 4.78 is 0. The number of nitrogens with zero attached hydrogens (tertiary/aromatic N) is 1. The predicted molar refractivity (Wildman–Crippen MR) is 77.2 cm³/mol. The summed E-state index contributed by atoms with van der Waals surface area (Å²) >= 11 is 0. The second-order valence-corrected chi connectivity index (χ2v) is 4.94. The standard InChI is InChI=1S/C16H17NO3/c1-11(16(19)20)15(18)17(2)10-12-7-8-13-5-3-4-6-14(13)9-12/h3-9,11H,10H2,1-2H3,(H,19,20).